The lowest BCUT2D eigenvalue weighted by Crippen LogP contribution is -2.44. The molecule has 3 amide bonds. The highest BCUT2D eigenvalue weighted by Gasteiger charge is 2.52. The third kappa shape index (κ3) is 2.62. The van der Waals surface area contributed by atoms with Crippen LogP contribution in [0.4, 0.5) is 4.79 Å². The number of fused-ring (bicyclic) bond motifs is 4. The molecular weight excluding hydrogens is 376 g/mol. The molecule has 3 aromatic rings. The fraction of sp³-hybridized carbons (Fsp3) is 0.292. The molecule has 2 aromatic carbocycles. The van der Waals surface area contributed by atoms with E-state index in [-0.39, 0.29) is 18.0 Å². The minimum absolute atomic E-state index is 0.108. The van der Waals surface area contributed by atoms with Gasteiger partial charge in [0.15, 0.2) is 0 Å². The van der Waals surface area contributed by atoms with Gasteiger partial charge in [-0.25, -0.2) is 4.79 Å². The van der Waals surface area contributed by atoms with Gasteiger partial charge in [0.25, 0.3) is 5.91 Å². The summed E-state index contributed by atoms with van der Waals surface area (Å²) in [6, 6.07) is 16.4. The normalized spacial score (nSPS) is 20.4. The number of carbonyl (C=O) groups is 2. The van der Waals surface area contributed by atoms with E-state index in [0.717, 1.165) is 40.6 Å². The Kier molecular flexibility index (Phi) is 4.32. The zero-order valence-electron chi connectivity index (χ0n) is 16.8. The molecule has 0 saturated carbocycles. The van der Waals surface area contributed by atoms with E-state index in [1.165, 1.54) is 4.90 Å². The average molecular weight is 398 g/mol. The fourth-order valence-corrected chi connectivity index (χ4v) is 4.74. The molecule has 1 N–H and O–H groups in total. The third-order valence-corrected chi connectivity index (χ3v) is 6.23. The molecule has 1 fully saturated rings. The summed E-state index contributed by atoms with van der Waals surface area (Å²) in [7, 11) is 0. The van der Waals surface area contributed by atoms with Gasteiger partial charge in [-0.05, 0) is 35.7 Å². The second kappa shape index (κ2) is 7.03. The Morgan fingerprint density at radius 2 is 1.90 bits per heavy atom. The largest absolute Gasteiger partial charge is 0.356 e. The number of imide groups is 1. The minimum Gasteiger partial charge on any atom is -0.356 e. The van der Waals surface area contributed by atoms with Gasteiger partial charge < -0.3 is 4.98 Å². The first-order chi connectivity index (χ1) is 14.6. The maximum Gasteiger partial charge on any atom is 0.328 e. The van der Waals surface area contributed by atoms with Crippen molar-refractivity contribution in [3.05, 3.63) is 70.9 Å². The summed E-state index contributed by atoms with van der Waals surface area (Å²) >= 11 is 0. The van der Waals surface area contributed by atoms with Gasteiger partial charge in [0.05, 0.1) is 11.6 Å². The van der Waals surface area contributed by atoms with Crippen molar-refractivity contribution in [1.82, 2.24) is 14.8 Å². The van der Waals surface area contributed by atoms with Crippen LogP contribution in [0.3, 0.4) is 0 Å². The summed E-state index contributed by atoms with van der Waals surface area (Å²) in [5.74, 6) is -0.108. The van der Waals surface area contributed by atoms with Crippen molar-refractivity contribution < 1.29 is 9.59 Å². The van der Waals surface area contributed by atoms with Gasteiger partial charge in [0.1, 0.15) is 12.1 Å². The van der Waals surface area contributed by atoms with Crippen LogP contribution in [0, 0.1) is 11.3 Å². The Morgan fingerprint density at radius 3 is 2.63 bits per heavy atom. The Hall–Kier alpha value is -3.59. The average Bonchev–Trinajstić information content (AvgIpc) is 3.26. The van der Waals surface area contributed by atoms with Crippen LogP contribution >= 0.6 is 0 Å². The lowest BCUT2D eigenvalue weighted by atomic mass is 9.88. The molecule has 6 heteroatoms. The molecule has 2 atom stereocenters. The van der Waals surface area contributed by atoms with Gasteiger partial charge in [0, 0.05) is 29.6 Å². The molecule has 5 rings (SSSR count). The first-order valence-electron chi connectivity index (χ1n) is 10.4. The molecule has 2 aliphatic heterocycles. The highest BCUT2D eigenvalue weighted by atomic mass is 16.2. The maximum absolute atomic E-state index is 13.4. The van der Waals surface area contributed by atoms with Crippen LogP contribution in [0.15, 0.2) is 48.5 Å². The number of para-hydroxylation sites is 1. The molecule has 0 radical (unpaired) electrons. The quantitative estimate of drug-likeness (QED) is 0.672. The smallest absolute Gasteiger partial charge is 0.328 e. The first-order valence-corrected chi connectivity index (χ1v) is 10.4. The van der Waals surface area contributed by atoms with E-state index in [1.807, 2.05) is 30.3 Å². The summed E-state index contributed by atoms with van der Waals surface area (Å²) in [6.07, 6.45) is 2.23. The molecule has 0 bridgehead atoms. The fourth-order valence-electron chi connectivity index (χ4n) is 4.74. The SMILES string of the molecule is CCCCN1C(=O)[C@H]2Cc3c([nH]c4ccccc34)[C@H](c3ccc(C#N)cc3)N2C1=O. The molecule has 6 nitrogen and oxygen atoms in total. The highest BCUT2D eigenvalue weighted by molar-refractivity contribution is 6.05. The van der Waals surface area contributed by atoms with Gasteiger partial charge in [-0.3, -0.25) is 14.6 Å². The van der Waals surface area contributed by atoms with Crippen LogP contribution < -0.4 is 0 Å². The number of amides is 3. The number of carbonyl (C=O) groups excluding carboxylic acids is 2. The van der Waals surface area contributed by atoms with Crippen LogP contribution in [-0.4, -0.2) is 39.3 Å². The van der Waals surface area contributed by atoms with Gasteiger partial charge in [-0.15, -0.1) is 0 Å². The van der Waals surface area contributed by atoms with Crippen LogP contribution in [0.5, 0.6) is 0 Å². The molecule has 3 heterocycles. The van der Waals surface area contributed by atoms with Crippen molar-refractivity contribution in [3.63, 3.8) is 0 Å². The zero-order valence-corrected chi connectivity index (χ0v) is 16.8. The summed E-state index contributed by atoms with van der Waals surface area (Å²) in [5, 5.41) is 10.3. The van der Waals surface area contributed by atoms with Gasteiger partial charge in [-0.1, -0.05) is 43.7 Å². The summed E-state index contributed by atoms with van der Waals surface area (Å²) < 4.78 is 0. The number of H-pyrrole nitrogens is 1. The van der Waals surface area contributed by atoms with Crippen molar-refractivity contribution in [2.75, 3.05) is 6.54 Å². The Morgan fingerprint density at radius 1 is 1.13 bits per heavy atom. The topological polar surface area (TPSA) is 80.2 Å². The number of hydrogen-bond acceptors (Lipinski definition) is 3. The van der Waals surface area contributed by atoms with E-state index in [1.54, 1.807) is 17.0 Å². The number of hydrogen-bond donors (Lipinski definition) is 1. The molecule has 2 aliphatic rings. The molecule has 150 valence electrons. The lowest BCUT2D eigenvalue weighted by Gasteiger charge is -2.36. The highest BCUT2D eigenvalue weighted by Crippen LogP contribution is 2.44. The number of rotatable bonds is 4. The van der Waals surface area contributed by atoms with Crippen LogP contribution in [0.25, 0.3) is 10.9 Å². The van der Waals surface area contributed by atoms with E-state index in [9.17, 15) is 9.59 Å². The number of aromatic amines is 1. The first kappa shape index (κ1) is 18.4. The van der Waals surface area contributed by atoms with E-state index in [0.29, 0.717) is 18.5 Å². The van der Waals surface area contributed by atoms with E-state index in [4.69, 9.17) is 5.26 Å². The van der Waals surface area contributed by atoms with Crippen LogP contribution in [0.2, 0.25) is 0 Å². The van der Waals surface area contributed by atoms with E-state index in [2.05, 4.69) is 24.0 Å². The van der Waals surface area contributed by atoms with Crippen molar-refractivity contribution in [2.45, 2.75) is 38.3 Å². The molecule has 30 heavy (non-hydrogen) atoms. The Labute approximate surface area is 174 Å². The molecule has 1 saturated heterocycles. The minimum atomic E-state index is -0.498. The Balaban J connectivity index is 1.67. The third-order valence-electron chi connectivity index (χ3n) is 6.23. The summed E-state index contributed by atoms with van der Waals surface area (Å²) in [4.78, 5) is 33.2. The Bertz CT molecular complexity index is 1190. The number of nitrogens with zero attached hydrogens (tertiary/aromatic N) is 3. The van der Waals surface area contributed by atoms with Gasteiger partial charge in [-0.2, -0.15) is 5.26 Å². The molecule has 0 spiro atoms. The second-order valence-electron chi connectivity index (χ2n) is 7.95. The lowest BCUT2D eigenvalue weighted by molar-refractivity contribution is -0.128. The molecule has 1 aromatic heterocycles. The number of urea groups is 1. The molecule has 0 unspecified atom stereocenters. The number of benzene rings is 2. The van der Waals surface area contributed by atoms with Crippen molar-refractivity contribution in [2.24, 2.45) is 0 Å². The predicted molar refractivity (Wildman–Crippen MR) is 113 cm³/mol. The van der Waals surface area contributed by atoms with Crippen molar-refractivity contribution in [3.8, 4) is 6.07 Å². The zero-order chi connectivity index (χ0) is 20.8. The predicted octanol–water partition coefficient (Wildman–Crippen LogP) is 4.12. The maximum atomic E-state index is 13.4. The number of aromatic nitrogens is 1. The number of unbranched alkanes of at least 4 members (excludes halogenated alkanes) is 1. The molecular formula is C24H22N4O2. The molecule has 0 aliphatic carbocycles. The standard InChI is InChI=1S/C24H22N4O2/c1-2-3-12-27-23(29)20-13-18-17-6-4-5-7-19(17)26-21(18)22(28(20)24(27)30)16-10-8-15(14-25)9-11-16/h4-11,20,22,26H,2-3,12-13H2,1H3/t20-,22+/m1/s1. The second-order valence-corrected chi connectivity index (χ2v) is 7.95. The monoisotopic (exact) mass is 398 g/mol. The number of nitriles is 1. The van der Waals surface area contributed by atoms with Crippen molar-refractivity contribution in [1.29, 1.82) is 5.26 Å². The summed E-state index contributed by atoms with van der Waals surface area (Å²) in [5.41, 5.74) is 4.52. The summed E-state index contributed by atoms with van der Waals surface area (Å²) in [6.45, 7) is 2.50. The van der Waals surface area contributed by atoms with E-state index < -0.39 is 6.04 Å². The van der Waals surface area contributed by atoms with Gasteiger partial charge in [0.2, 0.25) is 0 Å². The van der Waals surface area contributed by atoms with Crippen LogP contribution in [-0.2, 0) is 11.2 Å². The van der Waals surface area contributed by atoms with Crippen LogP contribution in [0.1, 0.15) is 48.2 Å². The number of nitrogens with one attached hydrogen (secondary N) is 1. The van der Waals surface area contributed by atoms with Gasteiger partial charge >= 0.3 is 6.03 Å². The van der Waals surface area contributed by atoms with Crippen molar-refractivity contribution >= 4 is 22.8 Å². The van der Waals surface area contributed by atoms with E-state index >= 15 is 0 Å².